The summed E-state index contributed by atoms with van der Waals surface area (Å²) in [6.45, 7) is 8.12. The molecule has 0 saturated carbocycles. The molecule has 2 rings (SSSR count). The fraction of sp³-hybridized carbons (Fsp3) is 0.381. The first-order valence-electron chi connectivity index (χ1n) is 9.06. The van der Waals surface area contributed by atoms with Gasteiger partial charge in [-0.3, -0.25) is 4.72 Å². The summed E-state index contributed by atoms with van der Waals surface area (Å²) in [5, 5.41) is 10.6. The fourth-order valence-electron chi connectivity index (χ4n) is 2.94. The minimum atomic E-state index is -3.75. The molecule has 0 aliphatic carbocycles. The monoisotopic (exact) mass is 388 g/mol. The van der Waals surface area contributed by atoms with Crippen molar-refractivity contribution in [2.75, 3.05) is 4.72 Å². The predicted octanol–water partition coefficient (Wildman–Crippen LogP) is 3.42. The molecule has 0 atom stereocenters. The van der Waals surface area contributed by atoms with Gasteiger partial charge in [0.15, 0.2) is 0 Å². The Bertz CT molecular complexity index is 874. The first-order valence-corrected chi connectivity index (χ1v) is 10.5. The number of sulfonamides is 1. The summed E-state index contributed by atoms with van der Waals surface area (Å²) in [6, 6.07) is 12.1. The maximum Gasteiger partial charge on any atom is 0.261 e. The van der Waals surface area contributed by atoms with E-state index in [0.29, 0.717) is 12.1 Å². The molecule has 27 heavy (non-hydrogen) atoms. The SMILES string of the molecule is CC(C)c1cccc(C(C)C)c1NS(=O)(=O)c1ccc(CCC(=O)[O-])cc1. The van der Waals surface area contributed by atoms with Crippen molar-refractivity contribution >= 4 is 21.7 Å². The van der Waals surface area contributed by atoms with Crippen LogP contribution in [0.25, 0.3) is 0 Å². The number of hydrogen-bond donors (Lipinski definition) is 1. The van der Waals surface area contributed by atoms with E-state index in [-0.39, 0.29) is 23.2 Å². The zero-order valence-electron chi connectivity index (χ0n) is 16.2. The van der Waals surface area contributed by atoms with E-state index in [0.717, 1.165) is 16.7 Å². The highest BCUT2D eigenvalue weighted by Crippen LogP contribution is 2.34. The van der Waals surface area contributed by atoms with Crippen LogP contribution < -0.4 is 9.83 Å². The van der Waals surface area contributed by atoms with Crippen LogP contribution in [0.15, 0.2) is 47.4 Å². The van der Waals surface area contributed by atoms with Crippen LogP contribution in [-0.2, 0) is 21.2 Å². The largest absolute Gasteiger partial charge is 0.550 e. The van der Waals surface area contributed by atoms with Crippen molar-refractivity contribution < 1.29 is 18.3 Å². The van der Waals surface area contributed by atoms with E-state index in [9.17, 15) is 18.3 Å². The van der Waals surface area contributed by atoms with Crippen molar-refractivity contribution in [3.05, 3.63) is 59.2 Å². The third-order valence-corrected chi connectivity index (χ3v) is 5.83. The molecule has 1 N–H and O–H groups in total. The Kier molecular flexibility index (Phi) is 6.65. The summed E-state index contributed by atoms with van der Waals surface area (Å²) in [5.41, 5.74) is 3.30. The zero-order valence-corrected chi connectivity index (χ0v) is 17.0. The molecule has 0 radical (unpaired) electrons. The van der Waals surface area contributed by atoms with Gasteiger partial charge in [-0.25, -0.2) is 8.42 Å². The second-order valence-corrected chi connectivity index (χ2v) is 8.92. The van der Waals surface area contributed by atoms with Crippen LogP contribution in [0.4, 0.5) is 5.69 Å². The average molecular weight is 389 g/mol. The molecule has 0 aromatic heterocycles. The van der Waals surface area contributed by atoms with Crippen molar-refractivity contribution in [2.24, 2.45) is 0 Å². The topological polar surface area (TPSA) is 86.3 Å². The Morgan fingerprint density at radius 3 is 1.93 bits per heavy atom. The smallest absolute Gasteiger partial charge is 0.261 e. The van der Waals surface area contributed by atoms with Gasteiger partial charge in [0.05, 0.1) is 10.6 Å². The summed E-state index contributed by atoms with van der Waals surface area (Å²) in [5.74, 6) is -0.776. The minimum Gasteiger partial charge on any atom is -0.550 e. The van der Waals surface area contributed by atoms with Crippen LogP contribution in [0.1, 0.15) is 62.6 Å². The molecule has 0 heterocycles. The highest BCUT2D eigenvalue weighted by atomic mass is 32.2. The van der Waals surface area contributed by atoms with Crippen LogP contribution in [0.2, 0.25) is 0 Å². The Balaban J connectivity index is 2.35. The Labute approximate surface area is 161 Å². The van der Waals surface area contributed by atoms with Crippen LogP contribution in [-0.4, -0.2) is 14.4 Å². The number of anilines is 1. The van der Waals surface area contributed by atoms with Gasteiger partial charge in [-0.2, -0.15) is 0 Å². The number of carboxylic acids is 1. The molecule has 2 aromatic carbocycles. The fourth-order valence-corrected chi connectivity index (χ4v) is 4.06. The molecule has 0 fully saturated rings. The summed E-state index contributed by atoms with van der Waals surface area (Å²) in [7, 11) is -3.75. The van der Waals surface area contributed by atoms with E-state index in [1.807, 2.05) is 45.9 Å². The van der Waals surface area contributed by atoms with Gasteiger partial charge >= 0.3 is 0 Å². The molecule has 6 heteroatoms. The van der Waals surface area contributed by atoms with E-state index in [1.165, 1.54) is 12.1 Å². The molecule has 0 aliphatic heterocycles. The number of nitrogens with one attached hydrogen (secondary N) is 1. The third kappa shape index (κ3) is 5.32. The third-order valence-electron chi connectivity index (χ3n) is 4.46. The van der Waals surface area contributed by atoms with Crippen molar-refractivity contribution in [2.45, 2.75) is 57.3 Å². The first kappa shape index (κ1) is 21.0. The Hall–Kier alpha value is -2.34. The number of aliphatic carboxylic acids is 1. The van der Waals surface area contributed by atoms with Gasteiger partial charge in [0.2, 0.25) is 0 Å². The van der Waals surface area contributed by atoms with Gasteiger partial charge in [0.25, 0.3) is 10.0 Å². The van der Waals surface area contributed by atoms with Crippen LogP contribution >= 0.6 is 0 Å². The lowest BCUT2D eigenvalue weighted by atomic mass is 9.93. The van der Waals surface area contributed by atoms with Gasteiger partial charge in [-0.1, -0.05) is 58.0 Å². The number of benzene rings is 2. The molecule has 0 unspecified atom stereocenters. The molecule has 0 amide bonds. The lowest BCUT2D eigenvalue weighted by Gasteiger charge is -2.21. The molecule has 146 valence electrons. The Morgan fingerprint density at radius 2 is 1.48 bits per heavy atom. The van der Waals surface area contributed by atoms with Crippen molar-refractivity contribution in [3.8, 4) is 0 Å². The van der Waals surface area contributed by atoms with Gasteiger partial charge < -0.3 is 9.90 Å². The second-order valence-electron chi connectivity index (χ2n) is 7.24. The number of hydrogen-bond acceptors (Lipinski definition) is 4. The van der Waals surface area contributed by atoms with E-state index in [2.05, 4.69) is 4.72 Å². The molecule has 0 aliphatic rings. The maximum atomic E-state index is 12.9. The lowest BCUT2D eigenvalue weighted by molar-refractivity contribution is -0.305. The number of carbonyl (C=O) groups is 1. The summed E-state index contributed by atoms with van der Waals surface area (Å²) in [4.78, 5) is 10.7. The number of para-hydroxylation sites is 1. The highest BCUT2D eigenvalue weighted by molar-refractivity contribution is 7.92. The number of rotatable bonds is 8. The normalized spacial score (nSPS) is 11.8. The van der Waals surface area contributed by atoms with E-state index in [1.54, 1.807) is 12.1 Å². The zero-order chi connectivity index (χ0) is 20.2. The number of carboxylic acid groups (broad SMARTS) is 1. The van der Waals surface area contributed by atoms with Crippen molar-refractivity contribution in [3.63, 3.8) is 0 Å². The molecular weight excluding hydrogens is 362 g/mol. The standard InChI is InChI=1S/C21H27NO4S/c1-14(2)18-6-5-7-19(15(3)4)21(18)22-27(25,26)17-11-8-16(9-12-17)10-13-20(23)24/h5-9,11-12,14-15,22H,10,13H2,1-4H3,(H,23,24)/p-1. The maximum absolute atomic E-state index is 12.9. The molecule has 0 bridgehead atoms. The highest BCUT2D eigenvalue weighted by Gasteiger charge is 2.20. The second kappa shape index (κ2) is 8.57. The summed E-state index contributed by atoms with van der Waals surface area (Å²) >= 11 is 0. The average Bonchev–Trinajstić information content (AvgIpc) is 2.59. The lowest BCUT2D eigenvalue weighted by Crippen LogP contribution is -2.22. The Morgan fingerprint density at radius 1 is 0.963 bits per heavy atom. The summed E-state index contributed by atoms with van der Waals surface area (Å²) in [6.07, 6.45) is 0.216. The number of aryl methyl sites for hydroxylation is 1. The first-order chi connectivity index (χ1) is 12.6. The van der Waals surface area contributed by atoms with Gasteiger partial charge in [-0.05, 0) is 53.5 Å². The van der Waals surface area contributed by atoms with Crippen LogP contribution in [0, 0.1) is 0 Å². The predicted molar refractivity (Wildman–Crippen MR) is 105 cm³/mol. The molecule has 0 spiro atoms. The molecular formula is C21H26NO4S-. The molecule has 5 nitrogen and oxygen atoms in total. The quantitative estimate of drug-likeness (QED) is 0.751. The van der Waals surface area contributed by atoms with E-state index in [4.69, 9.17) is 0 Å². The van der Waals surface area contributed by atoms with Gasteiger partial charge in [-0.15, -0.1) is 0 Å². The summed E-state index contributed by atoms with van der Waals surface area (Å²) < 4.78 is 28.6. The van der Waals surface area contributed by atoms with Crippen LogP contribution in [0.5, 0.6) is 0 Å². The van der Waals surface area contributed by atoms with Crippen molar-refractivity contribution in [1.29, 1.82) is 0 Å². The minimum absolute atomic E-state index is 0.0934. The van der Waals surface area contributed by atoms with Gasteiger partial charge in [0.1, 0.15) is 0 Å². The van der Waals surface area contributed by atoms with Gasteiger partial charge in [0, 0.05) is 5.97 Å². The van der Waals surface area contributed by atoms with Crippen molar-refractivity contribution in [1.82, 2.24) is 0 Å². The van der Waals surface area contributed by atoms with E-state index >= 15 is 0 Å². The number of carbonyl (C=O) groups excluding carboxylic acids is 1. The van der Waals surface area contributed by atoms with Crippen LogP contribution in [0.3, 0.4) is 0 Å². The molecule has 2 aromatic rings. The van der Waals surface area contributed by atoms with E-state index < -0.39 is 16.0 Å². The molecule has 0 saturated heterocycles.